The first-order valence-corrected chi connectivity index (χ1v) is 26.1. The van der Waals surface area contributed by atoms with E-state index in [9.17, 15) is 39.0 Å². The zero-order chi connectivity index (χ0) is 53.1. The van der Waals surface area contributed by atoms with Crippen LogP contribution < -0.4 is 13.7 Å². The quantitative estimate of drug-likeness (QED) is 0.0353. The van der Waals surface area contributed by atoms with Gasteiger partial charge in [0, 0.05) is 46.2 Å². The van der Waals surface area contributed by atoms with E-state index in [1.807, 2.05) is 83.1 Å². The van der Waals surface area contributed by atoms with Crippen molar-refractivity contribution in [2.45, 2.75) is 159 Å². The standard InChI is InChI=1S/C52H85N6O15/c1-53-26-29-56(40-53)44(20-11-14-32-59)50(64)68-35-16-5-8-23-47(61)71-38-43(73-49(63)25-10-7-18-37-69-51(65)45(21-12-15-33-60)57-30-27-54(2)41-57)39-72-48(62)24-9-6-17-36-70-52(66)46(22-13-19-34-67-4)58-31-28-55(3)42-58/h26-31,40-46,59-60H,5-25,32-39H2,1-4H3/q+3. The number of nitrogens with zero attached hydrogens (tertiary/aromatic N) is 6. The van der Waals surface area contributed by atoms with Crippen molar-refractivity contribution in [2.75, 3.05) is 60.0 Å². The third-order valence-electron chi connectivity index (χ3n) is 12.1. The molecule has 0 radical (unpaired) electrons. The van der Waals surface area contributed by atoms with Gasteiger partial charge in [0.1, 0.15) is 50.4 Å². The predicted octanol–water partition coefficient (Wildman–Crippen LogP) is 4.04. The van der Waals surface area contributed by atoms with Crippen LogP contribution in [0.2, 0.25) is 0 Å². The summed E-state index contributed by atoms with van der Waals surface area (Å²) in [4.78, 5) is 77.5. The van der Waals surface area contributed by atoms with Crippen molar-refractivity contribution in [3.05, 3.63) is 56.2 Å². The van der Waals surface area contributed by atoms with Crippen LogP contribution in [0, 0.1) is 0 Å². The Kier molecular flexibility index (Phi) is 31.3. The van der Waals surface area contributed by atoms with Crippen LogP contribution in [-0.4, -0.2) is 126 Å². The summed E-state index contributed by atoms with van der Waals surface area (Å²) in [6.07, 6.45) is 26.2. The van der Waals surface area contributed by atoms with Gasteiger partial charge in [0.15, 0.2) is 24.2 Å². The molecule has 0 aliphatic carbocycles. The average molecular weight is 1030 g/mol. The molecule has 0 aromatic carbocycles. The Morgan fingerprint density at radius 1 is 0.438 bits per heavy atom. The fourth-order valence-electron chi connectivity index (χ4n) is 7.94. The first-order valence-electron chi connectivity index (χ1n) is 26.1. The number of rotatable bonds is 42. The normalized spacial score (nSPS) is 12.9. The van der Waals surface area contributed by atoms with Gasteiger partial charge in [0.25, 0.3) is 0 Å². The molecule has 21 nitrogen and oxygen atoms in total. The largest absolute Gasteiger partial charge is 0.463 e. The van der Waals surface area contributed by atoms with Crippen LogP contribution in [0.25, 0.3) is 0 Å². The minimum Gasteiger partial charge on any atom is -0.463 e. The van der Waals surface area contributed by atoms with Crippen molar-refractivity contribution in [1.29, 1.82) is 0 Å². The lowest BCUT2D eigenvalue weighted by Crippen LogP contribution is -2.30. The molecule has 2 N–H and O–H groups in total. The Morgan fingerprint density at radius 3 is 1.11 bits per heavy atom. The van der Waals surface area contributed by atoms with E-state index in [-0.39, 0.29) is 83.4 Å². The van der Waals surface area contributed by atoms with E-state index in [2.05, 4.69) is 0 Å². The van der Waals surface area contributed by atoms with Crippen LogP contribution in [0.5, 0.6) is 0 Å². The molecule has 0 bridgehead atoms. The Labute approximate surface area is 430 Å². The number of methoxy groups -OCH3 is 1. The molecule has 21 heteroatoms. The number of carbonyl (C=O) groups excluding carboxylic acids is 6. The van der Waals surface area contributed by atoms with Gasteiger partial charge >= 0.3 is 35.8 Å². The van der Waals surface area contributed by atoms with Crippen molar-refractivity contribution in [3.8, 4) is 0 Å². The third-order valence-corrected chi connectivity index (χ3v) is 12.1. The number of aryl methyl sites for hydroxylation is 3. The molecule has 4 atom stereocenters. The second-order valence-electron chi connectivity index (χ2n) is 18.5. The molecule has 73 heavy (non-hydrogen) atoms. The van der Waals surface area contributed by atoms with Gasteiger partial charge in [-0.15, -0.1) is 0 Å². The van der Waals surface area contributed by atoms with E-state index in [0.717, 1.165) is 12.8 Å². The minimum absolute atomic E-state index is 0.0389. The first kappa shape index (κ1) is 61.6. The zero-order valence-corrected chi connectivity index (χ0v) is 43.9. The number of aliphatic hydroxyl groups excluding tert-OH is 2. The summed E-state index contributed by atoms with van der Waals surface area (Å²) >= 11 is 0. The molecule has 0 saturated heterocycles. The second-order valence-corrected chi connectivity index (χ2v) is 18.5. The number of ether oxygens (including phenoxy) is 7. The lowest BCUT2D eigenvalue weighted by Gasteiger charge is -2.18. The lowest BCUT2D eigenvalue weighted by atomic mass is 10.1. The van der Waals surface area contributed by atoms with Gasteiger partial charge in [-0.25, -0.2) is 41.8 Å². The van der Waals surface area contributed by atoms with Gasteiger partial charge in [0.05, 0.1) is 41.0 Å². The van der Waals surface area contributed by atoms with Crippen molar-refractivity contribution in [3.63, 3.8) is 0 Å². The highest BCUT2D eigenvalue weighted by Crippen LogP contribution is 2.20. The molecule has 3 aromatic heterocycles. The van der Waals surface area contributed by atoms with Gasteiger partial charge in [-0.1, -0.05) is 0 Å². The lowest BCUT2D eigenvalue weighted by molar-refractivity contribution is -0.671. The first-order chi connectivity index (χ1) is 35.3. The van der Waals surface area contributed by atoms with Crippen LogP contribution in [-0.2, 0) is 83.1 Å². The molecule has 0 saturated carbocycles. The van der Waals surface area contributed by atoms with Crippen molar-refractivity contribution in [2.24, 2.45) is 21.1 Å². The number of carbonyl (C=O) groups is 6. The number of aromatic nitrogens is 6. The van der Waals surface area contributed by atoms with Crippen molar-refractivity contribution < 1.29 is 85.8 Å². The van der Waals surface area contributed by atoms with E-state index < -0.39 is 42.1 Å². The summed E-state index contributed by atoms with van der Waals surface area (Å²) in [7, 11) is 7.26. The molecule has 0 aliphatic heterocycles. The number of hydrogen-bond donors (Lipinski definition) is 2. The Morgan fingerprint density at radius 2 is 0.781 bits per heavy atom. The van der Waals surface area contributed by atoms with Gasteiger partial charge in [0.2, 0.25) is 19.0 Å². The van der Waals surface area contributed by atoms with E-state index in [0.29, 0.717) is 109 Å². The SMILES string of the molecule is COCCCCC(C(=O)OCCCCCC(=O)OCC(COC(=O)CCCCCOC(=O)C(CCCCO)n1cc[n+](C)c1)OC(=O)CCCCCOC(=O)C(CCCCO)n1cc[n+](C)c1)n1cc[n+](C)c1. The van der Waals surface area contributed by atoms with Crippen LogP contribution in [0.15, 0.2) is 56.2 Å². The van der Waals surface area contributed by atoms with Gasteiger partial charge in [-0.3, -0.25) is 14.4 Å². The van der Waals surface area contributed by atoms with Crippen molar-refractivity contribution in [1.82, 2.24) is 13.7 Å². The Bertz CT molecular complexity index is 2040. The molecule has 4 unspecified atom stereocenters. The molecule has 0 spiro atoms. The number of hydrogen-bond acceptors (Lipinski definition) is 15. The third kappa shape index (κ3) is 26.2. The van der Waals surface area contributed by atoms with E-state index in [4.69, 9.17) is 33.2 Å². The maximum absolute atomic E-state index is 13.0. The maximum atomic E-state index is 13.0. The van der Waals surface area contributed by atoms with Gasteiger partial charge < -0.3 is 43.4 Å². The predicted molar refractivity (Wildman–Crippen MR) is 262 cm³/mol. The van der Waals surface area contributed by atoms with E-state index >= 15 is 0 Å². The highest BCUT2D eigenvalue weighted by Gasteiger charge is 2.29. The number of imidazole rings is 3. The molecule has 0 amide bonds. The summed E-state index contributed by atoms with van der Waals surface area (Å²) in [6, 6.07) is -1.47. The topological polar surface area (TPSA) is 234 Å². The van der Waals surface area contributed by atoms with E-state index in [1.165, 1.54) is 0 Å². The van der Waals surface area contributed by atoms with Crippen molar-refractivity contribution >= 4 is 35.8 Å². The van der Waals surface area contributed by atoms with E-state index in [1.54, 1.807) is 28.8 Å². The molecular formula is C52H85N6O15+3. The van der Waals surface area contributed by atoms with Crippen LogP contribution in [0.1, 0.15) is 153 Å². The molecular weight excluding hydrogens is 949 g/mol. The monoisotopic (exact) mass is 1030 g/mol. The minimum atomic E-state index is -1.05. The smallest absolute Gasteiger partial charge is 0.351 e. The summed E-state index contributed by atoms with van der Waals surface area (Å²) in [5.41, 5.74) is 0. The fourth-order valence-corrected chi connectivity index (χ4v) is 7.94. The molecule has 410 valence electrons. The number of unbranched alkanes of at least 4 members (excludes halogenated alkanes) is 9. The molecule has 3 aromatic rings. The maximum Gasteiger partial charge on any atom is 0.351 e. The zero-order valence-electron chi connectivity index (χ0n) is 43.9. The fraction of sp³-hybridized carbons (Fsp3) is 0.712. The number of esters is 6. The molecule has 0 fully saturated rings. The summed E-state index contributed by atoms with van der Waals surface area (Å²) in [5.74, 6) is -2.64. The van der Waals surface area contributed by atoms with Gasteiger partial charge in [-0.2, -0.15) is 0 Å². The van der Waals surface area contributed by atoms with Crippen LogP contribution in [0.3, 0.4) is 0 Å². The molecule has 3 rings (SSSR count). The Balaban J connectivity index is 1.43. The summed E-state index contributed by atoms with van der Waals surface area (Å²) in [6.45, 7) is 0.639. The summed E-state index contributed by atoms with van der Waals surface area (Å²) < 4.78 is 49.5. The van der Waals surface area contributed by atoms with Crippen LogP contribution in [0.4, 0.5) is 0 Å². The van der Waals surface area contributed by atoms with Gasteiger partial charge in [-0.05, 0) is 116 Å². The summed E-state index contributed by atoms with van der Waals surface area (Å²) in [5, 5.41) is 18.4. The average Bonchev–Trinajstić information content (AvgIpc) is 4.13. The molecule has 0 aliphatic rings. The highest BCUT2D eigenvalue weighted by atomic mass is 16.6. The Hall–Kier alpha value is -5.67. The number of aliphatic hydroxyl groups is 2. The van der Waals surface area contributed by atoms with Crippen LogP contribution >= 0.6 is 0 Å². The second kappa shape index (κ2) is 37.1. The molecule has 3 heterocycles. The highest BCUT2D eigenvalue weighted by molar-refractivity contribution is 5.75.